The van der Waals surface area contributed by atoms with Crippen LogP contribution < -0.4 is 5.32 Å². The Morgan fingerprint density at radius 2 is 2.06 bits per heavy atom. The van der Waals surface area contributed by atoms with Crippen LogP contribution in [-0.4, -0.2) is 28.4 Å². The molecule has 0 fully saturated rings. The lowest BCUT2D eigenvalue weighted by Crippen LogP contribution is -2.08. The molecule has 0 aromatic heterocycles. The van der Waals surface area contributed by atoms with Gasteiger partial charge in [-0.3, -0.25) is 0 Å². The van der Waals surface area contributed by atoms with Gasteiger partial charge in [0.15, 0.2) is 0 Å². The number of para-hydroxylation sites is 1. The molecule has 1 N–H and O–H groups in total. The van der Waals surface area contributed by atoms with E-state index in [-0.39, 0.29) is 0 Å². The molecule has 0 unspecified atom stereocenters. The second-order valence-electron chi connectivity index (χ2n) is 3.71. The van der Waals surface area contributed by atoms with Gasteiger partial charge in [0.05, 0.1) is 22.2 Å². The highest BCUT2D eigenvalue weighted by molar-refractivity contribution is 6.42. The Bertz CT molecular complexity index is 298. The quantitative estimate of drug-likeness (QED) is 0.577. The minimum atomic E-state index is 0.315. The monoisotopic (exact) mass is 233 g/mol. The highest BCUT2D eigenvalue weighted by atomic mass is 28.2. The van der Waals surface area contributed by atoms with Crippen LogP contribution in [0.1, 0.15) is 13.8 Å². The van der Waals surface area contributed by atoms with Gasteiger partial charge in [0.1, 0.15) is 0 Å². The van der Waals surface area contributed by atoms with E-state index in [0.717, 1.165) is 22.3 Å². The fourth-order valence-electron chi connectivity index (χ4n) is 1.15. The first-order valence-electron chi connectivity index (χ1n) is 5.58. The molecule has 2 nitrogen and oxygen atoms in total. The molecule has 0 saturated carbocycles. The molecular weight excluding hydrogens is 214 g/mol. The van der Waals surface area contributed by atoms with Crippen LogP contribution in [0.2, 0.25) is 0 Å². The van der Waals surface area contributed by atoms with Gasteiger partial charge >= 0.3 is 0 Å². The van der Waals surface area contributed by atoms with E-state index in [1.165, 1.54) is 5.69 Å². The number of rotatable bonds is 7. The van der Waals surface area contributed by atoms with Gasteiger partial charge in [0.25, 0.3) is 0 Å². The molecule has 0 aliphatic heterocycles. The number of benzene rings is 1. The summed E-state index contributed by atoms with van der Waals surface area (Å²) < 4.78 is 5.40. The first-order chi connectivity index (χ1) is 7.79. The van der Waals surface area contributed by atoms with Gasteiger partial charge in [-0.05, 0) is 26.0 Å². The van der Waals surface area contributed by atoms with Crippen molar-refractivity contribution in [1.29, 1.82) is 0 Å². The molecule has 1 aromatic rings. The highest BCUT2D eigenvalue weighted by Gasteiger charge is 1.89. The summed E-state index contributed by atoms with van der Waals surface area (Å²) in [6.07, 6.45) is 3.39. The first kappa shape index (κ1) is 13.0. The van der Waals surface area contributed by atoms with Crippen molar-refractivity contribution in [3.8, 4) is 0 Å². The summed E-state index contributed by atoms with van der Waals surface area (Å²) in [7, 11) is 0.790. The third-order valence-electron chi connectivity index (χ3n) is 1.93. The molecule has 0 amide bonds. The molecule has 1 rings (SSSR count). The van der Waals surface area contributed by atoms with Crippen LogP contribution in [0.15, 0.2) is 42.1 Å². The van der Waals surface area contributed by atoms with Gasteiger partial charge in [0.2, 0.25) is 0 Å². The number of anilines is 1. The molecule has 0 aliphatic carbocycles. The summed E-state index contributed by atoms with van der Waals surface area (Å²) in [5, 5.41) is 3.36. The van der Waals surface area contributed by atoms with Crippen LogP contribution in [-0.2, 0) is 4.74 Å². The lowest BCUT2D eigenvalue weighted by molar-refractivity contribution is 0.103. The molecule has 1 aromatic carbocycles. The van der Waals surface area contributed by atoms with Crippen molar-refractivity contribution in [2.24, 2.45) is 0 Å². The molecule has 16 heavy (non-hydrogen) atoms. The molecule has 0 saturated heterocycles. The maximum absolute atomic E-state index is 5.40. The fraction of sp³-hybridized carbons (Fsp3) is 0.385. The van der Waals surface area contributed by atoms with E-state index < -0.39 is 0 Å². The first-order valence-corrected chi connectivity index (χ1v) is 6.86. The second kappa shape index (κ2) is 8.13. The zero-order chi connectivity index (χ0) is 11.6. The smallest absolute Gasteiger partial charge is 0.0945 e. The average Bonchev–Trinajstić information content (AvgIpc) is 2.29. The van der Waals surface area contributed by atoms with Crippen LogP contribution in [0, 0.1) is 0 Å². The third-order valence-corrected chi connectivity index (χ3v) is 2.78. The minimum Gasteiger partial charge on any atom is -0.388 e. The molecule has 0 spiro atoms. The van der Waals surface area contributed by atoms with Crippen molar-refractivity contribution in [3.05, 3.63) is 42.1 Å². The van der Waals surface area contributed by atoms with E-state index in [1.54, 1.807) is 0 Å². The largest absolute Gasteiger partial charge is 0.388 e. The summed E-state index contributed by atoms with van der Waals surface area (Å²) in [4.78, 5) is 0. The molecule has 0 heterocycles. The summed E-state index contributed by atoms with van der Waals surface area (Å²) in [6, 6.07) is 10.3. The topological polar surface area (TPSA) is 21.3 Å². The fourth-order valence-corrected chi connectivity index (χ4v) is 1.83. The van der Waals surface area contributed by atoms with Crippen molar-refractivity contribution in [2.45, 2.75) is 20.0 Å². The van der Waals surface area contributed by atoms with Crippen LogP contribution in [0.4, 0.5) is 5.69 Å². The van der Waals surface area contributed by atoms with Crippen LogP contribution in [0.5, 0.6) is 0 Å². The zero-order valence-corrected chi connectivity index (χ0v) is 10.9. The van der Waals surface area contributed by atoms with E-state index in [9.17, 15) is 0 Å². The van der Waals surface area contributed by atoms with Gasteiger partial charge < -0.3 is 10.1 Å². The number of ether oxygens (including phenoxy) is 1. The van der Waals surface area contributed by atoms with Gasteiger partial charge in [-0.2, -0.15) is 0 Å². The Kier molecular flexibility index (Phi) is 6.61. The van der Waals surface area contributed by atoms with E-state index in [4.69, 9.17) is 4.74 Å². The Balaban J connectivity index is 2.04. The SMILES string of the molecule is CC(C)OCC=C[Si]CNc1ccccc1. The molecule has 0 aliphatic rings. The van der Waals surface area contributed by atoms with Crippen molar-refractivity contribution in [2.75, 3.05) is 18.1 Å². The van der Waals surface area contributed by atoms with E-state index in [1.807, 2.05) is 32.0 Å². The highest BCUT2D eigenvalue weighted by Crippen LogP contribution is 2.03. The Hall–Kier alpha value is -1.06. The van der Waals surface area contributed by atoms with Crippen molar-refractivity contribution < 1.29 is 4.74 Å². The predicted octanol–water partition coefficient (Wildman–Crippen LogP) is 2.70. The van der Waals surface area contributed by atoms with Gasteiger partial charge in [-0.1, -0.05) is 30.0 Å². The Morgan fingerprint density at radius 3 is 2.75 bits per heavy atom. The molecule has 0 bridgehead atoms. The molecule has 0 atom stereocenters. The Morgan fingerprint density at radius 1 is 1.31 bits per heavy atom. The van der Waals surface area contributed by atoms with E-state index >= 15 is 0 Å². The van der Waals surface area contributed by atoms with Crippen molar-refractivity contribution in [3.63, 3.8) is 0 Å². The lowest BCUT2D eigenvalue weighted by atomic mass is 10.3. The summed E-state index contributed by atoms with van der Waals surface area (Å²) in [5.41, 5.74) is 3.36. The van der Waals surface area contributed by atoms with E-state index in [2.05, 4.69) is 29.2 Å². The Labute approximate surface area is 101 Å². The normalized spacial score (nSPS) is 11.2. The molecule has 2 radical (unpaired) electrons. The standard InChI is InChI=1S/C13H19NOSi/c1-12(2)15-9-6-10-16-11-14-13-7-4-3-5-8-13/h3-8,10,12,14H,9,11H2,1-2H3. The van der Waals surface area contributed by atoms with Crippen molar-refractivity contribution in [1.82, 2.24) is 0 Å². The second-order valence-corrected chi connectivity index (χ2v) is 4.80. The average molecular weight is 233 g/mol. The van der Waals surface area contributed by atoms with Gasteiger partial charge in [0, 0.05) is 11.9 Å². The summed E-state index contributed by atoms with van der Waals surface area (Å²) >= 11 is 0. The van der Waals surface area contributed by atoms with Gasteiger partial charge in [-0.25, -0.2) is 0 Å². The predicted molar refractivity (Wildman–Crippen MR) is 70.9 cm³/mol. The number of nitrogens with one attached hydrogen (secondary N) is 1. The zero-order valence-electron chi connectivity index (χ0n) is 9.94. The van der Waals surface area contributed by atoms with E-state index in [0.29, 0.717) is 6.10 Å². The summed E-state index contributed by atoms with van der Waals surface area (Å²) in [6.45, 7) is 4.82. The molecule has 86 valence electrons. The summed E-state index contributed by atoms with van der Waals surface area (Å²) in [5.74, 6) is 0. The number of hydrogen-bond acceptors (Lipinski definition) is 2. The maximum atomic E-state index is 5.40. The maximum Gasteiger partial charge on any atom is 0.0945 e. The molecule has 3 heteroatoms. The van der Waals surface area contributed by atoms with Gasteiger partial charge in [-0.15, -0.1) is 0 Å². The van der Waals surface area contributed by atoms with Crippen LogP contribution >= 0.6 is 0 Å². The molecular formula is C13H19NOSi. The number of hydrogen-bond donors (Lipinski definition) is 1. The van der Waals surface area contributed by atoms with Crippen LogP contribution in [0.25, 0.3) is 0 Å². The minimum absolute atomic E-state index is 0.315. The lowest BCUT2D eigenvalue weighted by Gasteiger charge is -2.04. The van der Waals surface area contributed by atoms with Crippen LogP contribution in [0.3, 0.4) is 0 Å². The third kappa shape index (κ3) is 6.43. The van der Waals surface area contributed by atoms with Crippen molar-refractivity contribution >= 4 is 15.2 Å².